The van der Waals surface area contributed by atoms with E-state index in [1.807, 2.05) is 24.8 Å². The monoisotopic (exact) mass is 252 g/mol. The minimum Gasteiger partial charge on any atom is -0.337 e. The van der Waals surface area contributed by atoms with Crippen LogP contribution in [0.5, 0.6) is 0 Å². The molecule has 0 unspecified atom stereocenters. The third-order valence-electron chi connectivity index (χ3n) is 2.83. The molecular formula is C13H24N4O. The van der Waals surface area contributed by atoms with Gasteiger partial charge in [-0.1, -0.05) is 6.92 Å². The minimum atomic E-state index is 0.0627. The van der Waals surface area contributed by atoms with E-state index in [2.05, 4.69) is 12.0 Å². The van der Waals surface area contributed by atoms with Crippen LogP contribution in [-0.4, -0.2) is 40.2 Å². The second-order valence-corrected chi connectivity index (χ2v) is 4.42. The smallest absolute Gasteiger partial charge is 0.272 e. The number of hydrogen-bond donors (Lipinski definition) is 1. The van der Waals surface area contributed by atoms with Crippen LogP contribution >= 0.6 is 0 Å². The van der Waals surface area contributed by atoms with Gasteiger partial charge in [-0.2, -0.15) is 5.10 Å². The Morgan fingerprint density at radius 2 is 2.17 bits per heavy atom. The summed E-state index contributed by atoms with van der Waals surface area (Å²) >= 11 is 0. The van der Waals surface area contributed by atoms with Crippen molar-refractivity contribution < 1.29 is 4.79 Å². The highest BCUT2D eigenvalue weighted by Gasteiger charge is 2.19. The van der Waals surface area contributed by atoms with Crippen molar-refractivity contribution in [2.24, 2.45) is 5.73 Å². The molecule has 1 aromatic heterocycles. The van der Waals surface area contributed by atoms with E-state index in [1.54, 1.807) is 4.68 Å². The van der Waals surface area contributed by atoms with Crippen LogP contribution in [0.4, 0.5) is 0 Å². The number of carbonyl (C=O) groups is 1. The molecule has 1 aromatic rings. The maximum Gasteiger partial charge on any atom is 0.272 e. The molecule has 1 heterocycles. The van der Waals surface area contributed by atoms with Gasteiger partial charge in [0.1, 0.15) is 5.69 Å². The molecular weight excluding hydrogens is 228 g/mol. The highest BCUT2D eigenvalue weighted by molar-refractivity contribution is 5.92. The van der Waals surface area contributed by atoms with Crippen molar-refractivity contribution in [1.82, 2.24) is 14.7 Å². The van der Waals surface area contributed by atoms with E-state index < -0.39 is 0 Å². The molecule has 18 heavy (non-hydrogen) atoms. The molecule has 0 saturated carbocycles. The summed E-state index contributed by atoms with van der Waals surface area (Å²) in [5.41, 5.74) is 7.08. The van der Waals surface area contributed by atoms with Crippen LogP contribution < -0.4 is 5.73 Å². The van der Waals surface area contributed by atoms with Crippen LogP contribution in [0.1, 0.15) is 42.9 Å². The first-order chi connectivity index (χ1) is 8.63. The lowest BCUT2D eigenvalue weighted by molar-refractivity contribution is 0.0742. The second-order valence-electron chi connectivity index (χ2n) is 4.42. The highest BCUT2D eigenvalue weighted by Crippen LogP contribution is 2.09. The van der Waals surface area contributed by atoms with E-state index in [4.69, 9.17) is 5.73 Å². The number of carbonyl (C=O) groups excluding carboxylic acids is 1. The largest absolute Gasteiger partial charge is 0.337 e. The summed E-state index contributed by atoms with van der Waals surface area (Å²) in [6.45, 7) is 8.79. The Kier molecular flexibility index (Phi) is 5.85. The number of nitrogens with two attached hydrogens (primary N) is 1. The van der Waals surface area contributed by atoms with Gasteiger partial charge in [-0.3, -0.25) is 9.48 Å². The zero-order valence-electron chi connectivity index (χ0n) is 11.6. The van der Waals surface area contributed by atoms with Gasteiger partial charge in [0.25, 0.3) is 5.91 Å². The van der Waals surface area contributed by atoms with Gasteiger partial charge in [0.2, 0.25) is 0 Å². The van der Waals surface area contributed by atoms with Gasteiger partial charge >= 0.3 is 0 Å². The van der Waals surface area contributed by atoms with Crippen LogP contribution in [-0.2, 0) is 6.54 Å². The summed E-state index contributed by atoms with van der Waals surface area (Å²) in [5.74, 6) is 0.0627. The van der Waals surface area contributed by atoms with Crippen molar-refractivity contribution in [3.8, 4) is 0 Å². The lowest BCUT2D eigenvalue weighted by Gasteiger charge is -2.22. The molecule has 0 atom stereocenters. The Balaban J connectivity index is 2.86. The van der Waals surface area contributed by atoms with Crippen LogP contribution in [0.2, 0.25) is 0 Å². The molecule has 0 aliphatic rings. The van der Waals surface area contributed by atoms with Crippen LogP contribution in [0, 0.1) is 6.92 Å². The Labute approximate surface area is 109 Å². The maximum absolute atomic E-state index is 12.5. The predicted octanol–water partition coefficient (Wildman–Crippen LogP) is 1.41. The lowest BCUT2D eigenvalue weighted by Crippen LogP contribution is -2.35. The minimum absolute atomic E-state index is 0.0627. The molecule has 0 bridgehead atoms. The van der Waals surface area contributed by atoms with Crippen LogP contribution in [0.25, 0.3) is 0 Å². The third-order valence-corrected chi connectivity index (χ3v) is 2.83. The van der Waals surface area contributed by atoms with E-state index >= 15 is 0 Å². The summed E-state index contributed by atoms with van der Waals surface area (Å²) in [5, 5.41) is 4.32. The van der Waals surface area contributed by atoms with E-state index in [9.17, 15) is 4.79 Å². The van der Waals surface area contributed by atoms with Gasteiger partial charge in [-0.25, -0.2) is 0 Å². The molecule has 0 aromatic carbocycles. The number of hydrogen-bond acceptors (Lipinski definition) is 3. The quantitative estimate of drug-likeness (QED) is 0.798. The third kappa shape index (κ3) is 3.57. The van der Waals surface area contributed by atoms with Gasteiger partial charge in [-0.15, -0.1) is 0 Å². The van der Waals surface area contributed by atoms with Gasteiger partial charge in [0, 0.05) is 19.6 Å². The predicted molar refractivity (Wildman–Crippen MR) is 72.5 cm³/mol. The highest BCUT2D eigenvalue weighted by atomic mass is 16.2. The van der Waals surface area contributed by atoms with Crippen molar-refractivity contribution in [1.29, 1.82) is 0 Å². The number of aryl methyl sites for hydroxylation is 2. The van der Waals surface area contributed by atoms with Gasteiger partial charge in [0.05, 0.1) is 5.69 Å². The number of aromatic nitrogens is 2. The molecule has 102 valence electrons. The van der Waals surface area contributed by atoms with Crippen molar-refractivity contribution in [3.05, 3.63) is 17.5 Å². The maximum atomic E-state index is 12.5. The molecule has 1 amide bonds. The van der Waals surface area contributed by atoms with E-state index in [-0.39, 0.29) is 5.91 Å². The molecule has 5 nitrogen and oxygen atoms in total. The molecule has 0 aliphatic heterocycles. The molecule has 0 aliphatic carbocycles. The zero-order chi connectivity index (χ0) is 13.5. The Morgan fingerprint density at radius 1 is 1.44 bits per heavy atom. The van der Waals surface area contributed by atoms with Gasteiger partial charge in [0.15, 0.2) is 0 Å². The second kappa shape index (κ2) is 7.16. The molecule has 0 saturated heterocycles. The van der Waals surface area contributed by atoms with E-state index in [1.165, 1.54) is 0 Å². The summed E-state index contributed by atoms with van der Waals surface area (Å²) in [6.07, 6.45) is 1.79. The average Bonchev–Trinajstić information content (AvgIpc) is 2.75. The van der Waals surface area contributed by atoms with Crippen LogP contribution in [0.15, 0.2) is 6.07 Å². The van der Waals surface area contributed by atoms with E-state index in [0.717, 1.165) is 31.6 Å². The first-order valence-electron chi connectivity index (χ1n) is 6.67. The molecule has 2 N–H and O–H groups in total. The SMILES string of the molecule is CCCN(CCCN)C(=O)c1cc(C)nn1CC. The number of nitrogens with zero attached hydrogens (tertiary/aromatic N) is 3. The summed E-state index contributed by atoms with van der Waals surface area (Å²) in [6, 6.07) is 1.86. The molecule has 1 rings (SSSR count). The molecule has 0 spiro atoms. The Hall–Kier alpha value is -1.36. The fourth-order valence-electron chi connectivity index (χ4n) is 1.99. The Morgan fingerprint density at radius 3 is 2.72 bits per heavy atom. The first-order valence-corrected chi connectivity index (χ1v) is 6.67. The van der Waals surface area contributed by atoms with Gasteiger partial charge < -0.3 is 10.6 Å². The van der Waals surface area contributed by atoms with Crippen molar-refractivity contribution >= 4 is 5.91 Å². The molecule has 5 heteroatoms. The number of amides is 1. The average molecular weight is 252 g/mol. The molecule has 0 fully saturated rings. The Bertz CT molecular complexity index is 386. The summed E-state index contributed by atoms with van der Waals surface area (Å²) < 4.78 is 1.77. The number of rotatable bonds is 7. The summed E-state index contributed by atoms with van der Waals surface area (Å²) in [7, 11) is 0. The van der Waals surface area contributed by atoms with E-state index in [0.29, 0.717) is 18.8 Å². The summed E-state index contributed by atoms with van der Waals surface area (Å²) in [4.78, 5) is 14.3. The first kappa shape index (κ1) is 14.7. The fraction of sp³-hybridized carbons (Fsp3) is 0.692. The van der Waals surface area contributed by atoms with Crippen molar-refractivity contribution in [3.63, 3.8) is 0 Å². The standard InChI is InChI=1S/C13H24N4O/c1-4-8-16(9-6-7-14)13(18)12-10-11(3)15-17(12)5-2/h10H,4-9,14H2,1-3H3. The zero-order valence-corrected chi connectivity index (χ0v) is 11.6. The fourth-order valence-corrected chi connectivity index (χ4v) is 1.99. The normalized spacial score (nSPS) is 10.7. The van der Waals surface area contributed by atoms with Crippen LogP contribution in [0.3, 0.4) is 0 Å². The van der Waals surface area contributed by atoms with Crippen molar-refractivity contribution in [2.75, 3.05) is 19.6 Å². The van der Waals surface area contributed by atoms with Gasteiger partial charge in [-0.05, 0) is 39.3 Å². The lowest BCUT2D eigenvalue weighted by atomic mass is 10.2. The topological polar surface area (TPSA) is 64.2 Å². The van der Waals surface area contributed by atoms with Crippen molar-refractivity contribution in [2.45, 2.75) is 40.2 Å². The molecule has 0 radical (unpaired) electrons.